The molecule has 0 radical (unpaired) electrons. The molecule has 0 aromatic carbocycles. The second kappa shape index (κ2) is 4.24. The molecule has 2 rings (SSSR count). The molecule has 0 fully saturated rings. The van der Waals surface area contributed by atoms with Crippen molar-refractivity contribution in [3.8, 4) is 0 Å². The lowest BCUT2D eigenvalue weighted by Crippen LogP contribution is -2.08. The van der Waals surface area contributed by atoms with Crippen molar-refractivity contribution in [2.24, 2.45) is 11.8 Å². The van der Waals surface area contributed by atoms with Gasteiger partial charge in [-0.25, -0.2) is 0 Å². The van der Waals surface area contributed by atoms with Gasteiger partial charge < -0.3 is 4.74 Å². The Kier molecular flexibility index (Phi) is 2.78. The van der Waals surface area contributed by atoms with E-state index in [-0.39, 0.29) is 0 Å². The van der Waals surface area contributed by atoms with E-state index in [4.69, 9.17) is 4.74 Å². The van der Waals surface area contributed by atoms with Crippen LogP contribution in [0.5, 0.6) is 0 Å². The number of allylic oxidation sites excluding steroid dienone is 4. The van der Waals surface area contributed by atoms with Gasteiger partial charge in [-0.05, 0) is 0 Å². The first kappa shape index (κ1) is 8.52. The highest BCUT2D eigenvalue weighted by molar-refractivity contribution is 5.18. The average molecular weight is 174 g/mol. The van der Waals surface area contributed by atoms with Gasteiger partial charge in [0, 0.05) is 11.8 Å². The molecular weight excluding hydrogens is 160 g/mol. The Hall–Kier alpha value is -1.08. The zero-order chi connectivity index (χ0) is 8.93. The predicted molar refractivity (Wildman–Crippen MR) is 54.4 cm³/mol. The highest BCUT2D eigenvalue weighted by Crippen LogP contribution is 2.12. The van der Waals surface area contributed by atoms with Crippen LogP contribution in [-0.2, 0) is 4.74 Å². The standard InChI is InChI=1S/C12H14O/c1-2-6-11(5-1)9-13-10-12-7-3-4-8-12/h1-8,11-12H,9-10H2. The zero-order valence-electron chi connectivity index (χ0n) is 7.60. The van der Waals surface area contributed by atoms with Gasteiger partial charge in [0.1, 0.15) is 0 Å². The van der Waals surface area contributed by atoms with Gasteiger partial charge in [0.25, 0.3) is 0 Å². The summed E-state index contributed by atoms with van der Waals surface area (Å²) in [7, 11) is 0. The van der Waals surface area contributed by atoms with Gasteiger partial charge >= 0.3 is 0 Å². The Labute approximate surface area is 79.1 Å². The van der Waals surface area contributed by atoms with Gasteiger partial charge in [-0.1, -0.05) is 48.6 Å². The molecule has 0 spiro atoms. The van der Waals surface area contributed by atoms with Crippen LogP contribution < -0.4 is 0 Å². The fourth-order valence-electron chi connectivity index (χ4n) is 1.52. The molecule has 2 aliphatic carbocycles. The van der Waals surface area contributed by atoms with Gasteiger partial charge in [-0.3, -0.25) is 0 Å². The monoisotopic (exact) mass is 174 g/mol. The molecule has 0 aromatic rings. The first-order valence-corrected chi connectivity index (χ1v) is 4.73. The van der Waals surface area contributed by atoms with Crippen molar-refractivity contribution < 1.29 is 4.74 Å². The van der Waals surface area contributed by atoms with E-state index in [9.17, 15) is 0 Å². The van der Waals surface area contributed by atoms with Crippen molar-refractivity contribution in [2.75, 3.05) is 13.2 Å². The largest absolute Gasteiger partial charge is 0.380 e. The Morgan fingerprint density at radius 2 is 1.08 bits per heavy atom. The molecule has 0 aliphatic heterocycles. The van der Waals surface area contributed by atoms with Crippen LogP contribution in [0.2, 0.25) is 0 Å². The van der Waals surface area contributed by atoms with Crippen molar-refractivity contribution in [1.29, 1.82) is 0 Å². The molecule has 0 bridgehead atoms. The lowest BCUT2D eigenvalue weighted by molar-refractivity contribution is 0.113. The Morgan fingerprint density at radius 1 is 0.692 bits per heavy atom. The molecule has 0 N–H and O–H groups in total. The van der Waals surface area contributed by atoms with E-state index in [1.165, 1.54) is 0 Å². The van der Waals surface area contributed by atoms with Crippen molar-refractivity contribution >= 4 is 0 Å². The van der Waals surface area contributed by atoms with Crippen LogP contribution in [0.3, 0.4) is 0 Å². The number of hydrogen-bond acceptors (Lipinski definition) is 1. The SMILES string of the molecule is C1=CC(COCC2C=CC=C2)C=C1. The summed E-state index contributed by atoms with van der Waals surface area (Å²) in [5, 5.41) is 0. The highest BCUT2D eigenvalue weighted by Gasteiger charge is 2.06. The normalized spacial score (nSPS) is 20.9. The number of ether oxygens (including phenoxy) is 1. The minimum Gasteiger partial charge on any atom is -0.380 e. The highest BCUT2D eigenvalue weighted by atomic mass is 16.5. The lowest BCUT2D eigenvalue weighted by Gasteiger charge is -2.09. The second-order valence-corrected chi connectivity index (χ2v) is 3.40. The summed E-state index contributed by atoms with van der Waals surface area (Å²) in [6.45, 7) is 1.62. The minimum absolute atomic E-state index is 0.495. The molecule has 1 nitrogen and oxygen atoms in total. The number of rotatable bonds is 4. The van der Waals surface area contributed by atoms with Gasteiger partial charge in [0.15, 0.2) is 0 Å². The maximum absolute atomic E-state index is 5.60. The first-order chi connectivity index (χ1) is 6.45. The maximum atomic E-state index is 5.60. The molecule has 0 heterocycles. The molecule has 0 amide bonds. The van der Waals surface area contributed by atoms with E-state index in [2.05, 4.69) is 48.6 Å². The quantitative estimate of drug-likeness (QED) is 0.636. The molecule has 68 valence electrons. The summed E-state index contributed by atoms with van der Waals surface area (Å²) in [6.07, 6.45) is 17.0. The van der Waals surface area contributed by atoms with Crippen molar-refractivity contribution in [3.05, 3.63) is 48.6 Å². The topological polar surface area (TPSA) is 9.23 Å². The smallest absolute Gasteiger partial charge is 0.0564 e. The van der Waals surface area contributed by atoms with Crippen molar-refractivity contribution in [3.63, 3.8) is 0 Å². The molecule has 0 aromatic heterocycles. The van der Waals surface area contributed by atoms with Gasteiger partial charge in [-0.2, -0.15) is 0 Å². The Balaban J connectivity index is 1.63. The van der Waals surface area contributed by atoms with Gasteiger partial charge in [0.05, 0.1) is 13.2 Å². The summed E-state index contributed by atoms with van der Waals surface area (Å²) < 4.78 is 5.60. The van der Waals surface area contributed by atoms with Crippen LogP contribution in [-0.4, -0.2) is 13.2 Å². The van der Waals surface area contributed by atoms with E-state index < -0.39 is 0 Å². The van der Waals surface area contributed by atoms with E-state index in [1.807, 2.05) is 0 Å². The van der Waals surface area contributed by atoms with Crippen LogP contribution in [0, 0.1) is 11.8 Å². The van der Waals surface area contributed by atoms with Crippen molar-refractivity contribution in [1.82, 2.24) is 0 Å². The van der Waals surface area contributed by atoms with Crippen molar-refractivity contribution in [2.45, 2.75) is 0 Å². The van der Waals surface area contributed by atoms with E-state index >= 15 is 0 Å². The fourth-order valence-corrected chi connectivity index (χ4v) is 1.52. The zero-order valence-corrected chi connectivity index (χ0v) is 7.60. The third-order valence-electron chi connectivity index (χ3n) is 2.28. The first-order valence-electron chi connectivity index (χ1n) is 4.73. The Morgan fingerprint density at radius 3 is 1.46 bits per heavy atom. The summed E-state index contributed by atoms with van der Waals surface area (Å²) in [4.78, 5) is 0. The van der Waals surface area contributed by atoms with Crippen LogP contribution in [0.25, 0.3) is 0 Å². The average Bonchev–Trinajstić information content (AvgIpc) is 2.75. The molecule has 0 saturated heterocycles. The lowest BCUT2D eigenvalue weighted by atomic mass is 10.2. The molecule has 2 aliphatic rings. The predicted octanol–water partition coefficient (Wildman–Crippen LogP) is 2.49. The molecule has 13 heavy (non-hydrogen) atoms. The summed E-state index contributed by atoms with van der Waals surface area (Å²) >= 11 is 0. The second-order valence-electron chi connectivity index (χ2n) is 3.40. The van der Waals surface area contributed by atoms with Crippen LogP contribution in [0.4, 0.5) is 0 Å². The summed E-state index contributed by atoms with van der Waals surface area (Å²) in [5.41, 5.74) is 0. The molecule has 0 saturated carbocycles. The number of hydrogen-bond donors (Lipinski definition) is 0. The molecule has 0 atom stereocenters. The summed E-state index contributed by atoms with van der Waals surface area (Å²) in [6, 6.07) is 0. The maximum Gasteiger partial charge on any atom is 0.0564 e. The van der Waals surface area contributed by atoms with E-state index in [0.29, 0.717) is 11.8 Å². The van der Waals surface area contributed by atoms with Crippen LogP contribution >= 0.6 is 0 Å². The van der Waals surface area contributed by atoms with Gasteiger partial charge in [-0.15, -0.1) is 0 Å². The van der Waals surface area contributed by atoms with Crippen LogP contribution in [0.1, 0.15) is 0 Å². The summed E-state index contributed by atoms with van der Waals surface area (Å²) in [5.74, 6) is 0.990. The van der Waals surface area contributed by atoms with Crippen LogP contribution in [0.15, 0.2) is 48.6 Å². The fraction of sp³-hybridized carbons (Fsp3) is 0.333. The van der Waals surface area contributed by atoms with E-state index in [1.54, 1.807) is 0 Å². The minimum atomic E-state index is 0.495. The van der Waals surface area contributed by atoms with E-state index in [0.717, 1.165) is 13.2 Å². The third kappa shape index (κ3) is 2.43. The molecule has 0 unspecified atom stereocenters. The molecular formula is C12H14O. The van der Waals surface area contributed by atoms with Gasteiger partial charge in [0.2, 0.25) is 0 Å². The Bertz CT molecular complexity index is 219. The molecule has 1 heteroatoms. The third-order valence-corrected chi connectivity index (χ3v) is 2.28.